The lowest BCUT2D eigenvalue weighted by atomic mass is 10.2. The summed E-state index contributed by atoms with van der Waals surface area (Å²) in [6, 6.07) is 7.66. The molecule has 0 saturated heterocycles. The molecule has 0 N–H and O–H groups in total. The molecule has 110 valence electrons. The van der Waals surface area contributed by atoms with E-state index in [2.05, 4.69) is 21.1 Å². The molecule has 0 bridgehead atoms. The van der Waals surface area contributed by atoms with Crippen LogP contribution in [0.4, 0.5) is 0 Å². The molecule has 0 aliphatic heterocycles. The summed E-state index contributed by atoms with van der Waals surface area (Å²) in [5.74, 6) is 1.01. The van der Waals surface area contributed by atoms with Crippen LogP contribution in [0.5, 0.6) is 0 Å². The van der Waals surface area contributed by atoms with Crippen molar-refractivity contribution in [1.29, 1.82) is 5.26 Å². The maximum atomic E-state index is 9.60. The first-order valence-electron chi connectivity index (χ1n) is 6.57. The van der Waals surface area contributed by atoms with Gasteiger partial charge in [-0.2, -0.15) is 10.4 Å². The number of aryl methyl sites for hydroxylation is 2. The van der Waals surface area contributed by atoms with Crippen molar-refractivity contribution < 1.29 is 4.42 Å². The maximum Gasteiger partial charge on any atom is 0.190 e. The van der Waals surface area contributed by atoms with Crippen molar-refractivity contribution in [2.24, 2.45) is 0 Å². The minimum Gasteiger partial charge on any atom is -0.463 e. The molecule has 0 saturated carbocycles. The quantitative estimate of drug-likeness (QED) is 0.546. The van der Waals surface area contributed by atoms with Crippen molar-refractivity contribution in [3.63, 3.8) is 0 Å². The number of rotatable bonds is 3. The van der Waals surface area contributed by atoms with Gasteiger partial charge in [0.2, 0.25) is 0 Å². The molecule has 3 aromatic heterocycles. The highest BCUT2D eigenvalue weighted by atomic mass is 32.2. The highest BCUT2D eigenvalue weighted by Gasteiger charge is 2.20. The average Bonchev–Trinajstić information content (AvgIpc) is 3.15. The smallest absolute Gasteiger partial charge is 0.190 e. The maximum absolute atomic E-state index is 9.60. The van der Waals surface area contributed by atoms with Crippen LogP contribution in [0.25, 0.3) is 17.3 Å². The Balaban J connectivity index is 2.32. The van der Waals surface area contributed by atoms with Gasteiger partial charge in [-0.05, 0) is 38.3 Å². The molecule has 3 rings (SSSR count). The van der Waals surface area contributed by atoms with E-state index in [0.29, 0.717) is 28.0 Å². The minimum atomic E-state index is 0.346. The molecule has 0 aliphatic carbocycles. The van der Waals surface area contributed by atoms with Crippen molar-refractivity contribution in [1.82, 2.24) is 19.7 Å². The van der Waals surface area contributed by atoms with Gasteiger partial charge in [-0.1, -0.05) is 11.8 Å². The Morgan fingerprint density at radius 2 is 2.14 bits per heavy atom. The summed E-state index contributed by atoms with van der Waals surface area (Å²) in [5, 5.41) is 14.6. The van der Waals surface area contributed by atoms with E-state index in [-0.39, 0.29) is 0 Å². The van der Waals surface area contributed by atoms with Crippen molar-refractivity contribution in [3.8, 4) is 23.3 Å². The third kappa shape index (κ3) is 2.38. The predicted octanol–water partition coefficient (Wildman–Crippen LogP) is 3.13. The van der Waals surface area contributed by atoms with Gasteiger partial charge in [0.25, 0.3) is 0 Å². The van der Waals surface area contributed by atoms with Crippen LogP contribution < -0.4 is 0 Å². The van der Waals surface area contributed by atoms with E-state index in [9.17, 15) is 5.26 Å². The van der Waals surface area contributed by atoms with E-state index in [0.717, 1.165) is 11.4 Å². The second-order valence-corrected chi connectivity index (χ2v) is 5.46. The van der Waals surface area contributed by atoms with Crippen LogP contribution in [0.1, 0.15) is 17.0 Å². The third-order valence-electron chi connectivity index (χ3n) is 3.13. The van der Waals surface area contributed by atoms with E-state index < -0.39 is 0 Å². The largest absolute Gasteiger partial charge is 0.463 e. The van der Waals surface area contributed by atoms with Gasteiger partial charge < -0.3 is 4.42 Å². The fourth-order valence-electron chi connectivity index (χ4n) is 2.21. The summed E-state index contributed by atoms with van der Waals surface area (Å²) < 4.78 is 7.08. The zero-order chi connectivity index (χ0) is 15.7. The highest BCUT2D eigenvalue weighted by molar-refractivity contribution is 7.98. The Morgan fingerprint density at radius 1 is 1.32 bits per heavy atom. The lowest BCUT2D eigenvalue weighted by Gasteiger charge is -2.10. The first-order valence-corrected chi connectivity index (χ1v) is 7.80. The Morgan fingerprint density at radius 3 is 2.68 bits per heavy atom. The molecule has 0 unspecified atom stereocenters. The molecule has 0 aromatic carbocycles. The molecule has 0 fully saturated rings. The Kier molecular flexibility index (Phi) is 3.69. The topological polar surface area (TPSA) is 80.5 Å². The fraction of sp³-hybridized carbons (Fsp3) is 0.200. The number of nitrogens with zero attached hydrogens (tertiary/aromatic N) is 5. The fourth-order valence-corrected chi connectivity index (χ4v) is 2.57. The summed E-state index contributed by atoms with van der Waals surface area (Å²) in [7, 11) is 0. The first kappa shape index (κ1) is 14.4. The SMILES string of the molecule is CSc1nc(-c2ccco2)c(C#N)c(-n2nc(C)cc2C)n1. The monoisotopic (exact) mass is 311 g/mol. The van der Waals surface area contributed by atoms with E-state index in [1.807, 2.05) is 26.2 Å². The zero-order valence-electron chi connectivity index (χ0n) is 12.4. The number of aromatic nitrogens is 4. The van der Waals surface area contributed by atoms with Crippen molar-refractivity contribution in [2.45, 2.75) is 19.0 Å². The molecule has 3 heterocycles. The van der Waals surface area contributed by atoms with E-state index in [1.165, 1.54) is 11.8 Å². The lowest BCUT2D eigenvalue weighted by molar-refractivity contribution is 0.578. The van der Waals surface area contributed by atoms with Crippen molar-refractivity contribution in [2.75, 3.05) is 6.26 Å². The standard InChI is InChI=1S/C15H13N5OS/c1-9-7-10(2)20(19-9)14-11(8-16)13(12-5-4-6-21-12)17-15(18-14)22-3/h4-7H,1-3H3. The van der Waals surface area contributed by atoms with E-state index in [1.54, 1.807) is 23.1 Å². The summed E-state index contributed by atoms with van der Waals surface area (Å²) >= 11 is 1.41. The van der Waals surface area contributed by atoms with Gasteiger partial charge >= 0.3 is 0 Å². The molecule has 0 atom stereocenters. The molecular weight excluding hydrogens is 298 g/mol. The Labute approximate surface area is 131 Å². The molecule has 3 aromatic rings. The summed E-state index contributed by atoms with van der Waals surface area (Å²) in [4.78, 5) is 8.89. The number of hydrogen-bond acceptors (Lipinski definition) is 6. The molecule has 22 heavy (non-hydrogen) atoms. The van der Waals surface area contributed by atoms with Crippen molar-refractivity contribution >= 4 is 11.8 Å². The number of nitriles is 1. The number of hydrogen-bond donors (Lipinski definition) is 0. The molecule has 0 spiro atoms. The van der Waals surface area contributed by atoms with E-state index >= 15 is 0 Å². The first-order chi connectivity index (χ1) is 10.6. The second kappa shape index (κ2) is 5.66. The van der Waals surface area contributed by atoms with Gasteiger partial charge in [0.05, 0.1) is 12.0 Å². The number of furan rings is 1. The van der Waals surface area contributed by atoms with Gasteiger partial charge in [-0.15, -0.1) is 0 Å². The molecule has 0 radical (unpaired) electrons. The highest BCUT2D eigenvalue weighted by Crippen LogP contribution is 2.28. The number of thioether (sulfide) groups is 1. The molecule has 0 aliphatic rings. The van der Waals surface area contributed by atoms with Crippen LogP contribution in [0.2, 0.25) is 0 Å². The van der Waals surface area contributed by atoms with E-state index in [4.69, 9.17) is 4.42 Å². The predicted molar refractivity (Wildman–Crippen MR) is 82.8 cm³/mol. The molecule has 6 nitrogen and oxygen atoms in total. The van der Waals surface area contributed by atoms with Crippen LogP contribution in [-0.4, -0.2) is 26.0 Å². The van der Waals surface area contributed by atoms with Crippen LogP contribution in [-0.2, 0) is 0 Å². The van der Waals surface area contributed by atoms with Crippen LogP contribution >= 0.6 is 11.8 Å². The molecule has 0 amide bonds. The van der Waals surface area contributed by atoms with Gasteiger partial charge in [0, 0.05) is 5.69 Å². The second-order valence-electron chi connectivity index (χ2n) is 4.69. The normalized spacial score (nSPS) is 10.6. The summed E-state index contributed by atoms with van der Waals surface area (Å²) in [6.45, 7) is 3.83. The van der Waals surface area contributed by atoms with Crippen molar-refractivity contribution in [3.05, 3.63) is 41.4 Å². The van der Waals surface area contributed by atoms with Gasteiger partial charge in [-0.3, -0.25) is 0 Å². The Hall–Kier alpha value is -2.59. The van der Waals surface area contributed by atoms with Gasteiger partial charge in [0.15, 0.2) is 16.7 Å². The van der Waals surface area contributed by atoms with Crippen LogP contribution in [0.3, 0.4) is 0 Å². The van der Waals surface area contributed by atoms with Crippen LogP contribution in [0.15, 0.2) is 34.0 Å². The van der Waals surface area contributed by atoms with Gasteiger partial charge in [-0.25, -0.2) is 14.6 Å². The Bertz CT molecular complexity index is 861. The van der Waals surface area contributed by atoms with Gasteiger partial charge in [0.1, 0.15) is 17.3 Å². The zero-order valence-corrected chi connectivity index (χ0v) is 13.2. The summed E-state index contributed by atoms with van der Waals surface area (Å²) in [6.07, 6.45) is 3.44. The summed E-state index contributed by atoms with van der Waals surface area (Å²) in [5.41, 5.74) is 2.60. The molecular formula is C15H13N5OS. The van der Waals surface area contributed by atoms with Crippen LogP contribution in [0, 0.1) is 25.2 Å². The minimum absolute atomic E-state index is 0.346. The lowest BCUT2D eigenvalue weighted by Crippen LogP contribution is -2.08. The third-order valence-corrected chi connectivity index (χ3v) is 3.68. The average molecular weight is 311 g/mol. The molecule has 7 heteroatoms.